The third kappa shape index (κ3) is 9.71. The van der Waals surface area contributed by atoms with Crippen LogP contribution in [-0.2, 0) is 0 Å². The van der Waals surface area contributed by atoms with E-state index in [0.717, 1.165) is 19.3 Å². The fourth-order valence-electron chi connectivity index (χ4n) is 1.33. The molecule has 0 fully saturated rings. The standard InChI is InChI=1S/C10H15F.2C2H6/c1-2-4-9-5-3-6-10(11)8-7-9;2*1-2/h3,6-7,10H,2,4-5,8H2,1H3;2*1-2H3. The maximum atomic E-state index is 12.7. The van der Waals surface area contributed by atoms with E-state index >= 15 is 0 Å². The molecule has 0 aromatic carbocycles. The van der Waals surface area contributed by atoms with E-state index in [1.807, 2.05) is 39.8 Å². The number of alkyl halides is 1. The lowest BCUT2D eigenvalue weighted by Gasteiger charge is -1.99. The van der Waals surface area contributed by atoms with Gasteiger partial charge in [-0.2, -0.15) is 0 Å². The molecule has 0 aromatic heterocycles. The lowest BCUT2D eigenvalue weighted by molar-refractivity contribution is 0.404. The van der Waals surface area contributed by atoms with Gasteiger partial charge in [-0.15, -0.1) is 0 Å². The van der Waals surface area contributed by atoms with Crippen LogP contribution in [0.15, 0.2) is 23.8 Å². The van der Waals surface area contributed by atoms with Crippen molar-refractivity contribution in [3.05, 3.63) is 23.8 Å². The lowest BCUT2D eigenvalue weighted by Crippen LogP contribution is -1.89. The molecule has 0 aromatic rings. The second kappa shape index (κ2) is 13.4. The molecule has 0 spiro atoms. The summed E-state index contributed by atoms with van der Waals surface area (Å²) < 4.78 is 12.7. The summed E-state index contributed by atoms with van der Waals surface area (Å²) in [5.74, 6) is 0. The zero-order valence-electron chi connectivity index (χ0n) is 11.0. The molecule has 0 amide bonds. The molecule has 0 N–H and O–H groups in total. The predicted octanol–water partition coefficient (Wildman–Crippen LogP) is 5.45. The van der Waals surface area contributed by atoms with E-state index in [1.165, 1.54) is 5.57 Å². The first-order chi connectivity index (χ1) is 7.33. The van der Waals surface area contributed by atoms with E-state index in [1.54, 1.807) is 6.08 Å². The zero-order valence-corrected chi connectivity index (χ0v) is 11.0. The first-order valence-electron chi connectivity index (χ1n) is 6.31. The summed E-state index contributed by atoms with van der Waals surface area (Å²) in [6, 6.07) is 0. The van der Waals surface area contributed by atoms with E-state index in [4.69, 9.17) is 0 Å². The minimum absolute atomic E-state index is 0.575. The predicted molar refractivity (Wildman–Crippen MR) is 69.0 cm³/mol. The molecular weight excluding hydrogens is 187 g/mol. The van der Waals surface area contributed by atoms with Crippen molar-refractivity contribution in [1.82, 2.24) is 0 Å². The maximum absolute atomic E-state index is 12.7. The Hall–Kier alpha value is -0.590. The summed E-state index contributed by atoms with van der Waals surface area (Å²) in [4.78, 5) is 0. The molecule has 0 nitrogen and oxygen atoms in total. The van der Waals surface area contributed by atoms with Gasteiger partial charge in [-0.3, -0.25) is 0 Å². The average Bonchev–Trinajstić information content (AvgIpc) is 2.50. The first kappa shape index (κ1) is 16.8. The summed E-state index contributed by atoms with van der Waals surface area (Å²) in [6.45, 7) is 10.2. The van der Waals surface area contributed by atoms with Gasteiger partial charge in [0, 0.05) is 6.42 Å². The third-order valence-corrected chi connectivity index (χ3v) is 1.93. The molecule has 0 saturated heterocycles. The smallest absolute Gasteiger partial charge is 0.122 e. The molecule has 0 saturated carbocycles. The highest BCUT2D eigenvalue weighted by molar-refractivity contribution is 5.13. The van der Waals surface area contributed by atoms with Crippen molar-refractivity contribution in [2.45, 2.75) is 66.5 Å². The number of hydrogen-bond donors (Lipinski definition) is 0. The highest BCUT2D eigenvalue weighted by atomic mass is 19.1. The summed E-state index contributed by atoms with van der Waals surface area (Å²) in [5.41, 5.74) is 1.39. The van der Waals surface area contributed by atoms with E-state index in [2.05, 4.69) is 6.92 Å². The third-order valence-electron chi connectivity index (χ3n) is 1.93. The average molecular weight is 214 g/mol. The van der Waals surface area contributed by atoms with Crippen molar-refractivity contribution in [1.29, 1.82) is 0 Å². The van der Waals surface area contributed by atoms with E-state index < -0.39 is 6.17 Å². The highest BCUT2D eigenvalue weighted by Gasteiger charge is 2.04. The van der Waals surface area contributed by atoms with Crippen molar-refractivity contribution in [2.24, 2.45) is 0 Å². The zero-order chi connectivity index (χ0) is 12.1. The Morgan fingerprint density at radius 2 is 1.87 bits per heavy atom. The van der Waals surface area contributed by atoms with E-state index in [-0.39, 0.29) is 0 Å². The van der Waals surface area contributed by atoms with Crippen molar-refractivity contribution < 1.29 is 4.39 Å². The van der Waals surface area contributed by atoms with Gasteiger partial charge in [0.15, 0.2) is 0 Å². The molecule has 0 aliphatic heterocycles. The van der Waals surface area contributed by atoms with Crippen molar-refractivity contribution in [3.63, 3.8) is 0 Å². The van der Waals surface area contributed by atoms with E-state index in [0.29, 0.717) is 6.42 Å². The minimum atomic E-state index is -0.746. The van der Waals surface area contributed by atoms with Crippen LogP contribution in [-0.4, -0.2) is 6.17 Å². The van der Waals surface area contributed by atoms with Crippen LogP contribution in [0.2, 0.25) is 0 Å². The molecule has 1 rings (SSSR count). The van der Waals surface area contributed by atoms with Gasteiger partial charge in [-0.1, -0.05) is 64.8 Å². The van der Waals surface area contributed by atoms with Gasteiger partial charge in [-0.05, 0) is 12.8 Å². The molecule has 0 bridgehead atoms. The van der Waals surface area contributed by atoms with Crippen LogP contribution in [0.1, 0.15) is 60.3 Å². The van der Waals surface area contributed by atoms with Gasteiger partial charge >= 0.3 is 0 Å². The molecule has 0 heterocycles. The second-order valence-corrected chi connectivity index (χ2v) is 3.00. The Morgan fingerprint density at radius 3 is 2.40 bits per heavy atom. The van der Waals surface area contributed by atoms with Crippen molar-refractivity contribution in [3.8, 4) is 0 Å². The van der Waals surface area contributed by atoms with Gasteiger partial charge in [0.05, 0.1) is 0 Å². The molecule has 0 radical (unpaired) electrons. The molecule has 1 unspecified atom stereocenters. The quantitative estimate of drug-likeness (QED) is 0.536. The van der Waals surface area contributed by atoms with Crippen molar-refractivity contribution in [2.75, 3.05) is 0 Å². The number of rotatable bonds is 2. The lowest BCUT2D eigenvalue weighted by atomic mass is 10.1. The minimum Gasteiger partial charge on any atom is -0.243 e. The number of allylic oxidation sites excluding steroid dienone is 4. The largest absolute Gasteiger partial charge is 0.243 e. The Bertz CT molecular complexity index is 168. The van der Waals surface area contributed by atoms with Gasteiger partial charge in [0.25, 0.3) is 0 Å². The fraction of sp³-hybridized carbons (Fsp3) is 0.714. The monoisotopic (exact) mass is 214 g/mol. The maximum Gasteiger partial charge on any atom is 0.122 e. The van der Waals surface area contributed by atoms with Crippen LogP contribution in [0.25, 0.3) is 0 Å². The first-order valence-corrected chi connectivity index (χ1v) is 6.31. The summed E-state index contributed by atoms with van der Waals surface area (Å²) in [7, 11) is 0. The summed E-state index contributed by atoms with van der Waals surface area (Å²) in [6.07, 6.45) is 8.73. The summed E-state index contributed by atoms with van der Waals surface area (Å²) >= 11 is 0. The van der Waals surface area contributed by atoms with Crippen LogP contribution >= 0.6 is 0 Å². The van der Waals surface area contributed by atoms with Gasteiger partial charge in [-0.25, -0.2) is 4.39 Å². The number of hydrogen-bond acceptors (Lipinski definition) is 0. The van der Waals surface area contributed by atoms with E-state index in [9.17, 15) is 4.39 Å². The Balaban J connectivity index is 0. The van der Waals surface area contributed by atoms with Gasteiger partial charge in [0.2, 0.25) is 0 Å². The Labute approximate surface area is 95.3 Å². The van der Waals surface area contributed by atoms with Crippen LogP contribution in [0.5, 0.6) is 0 Å². The molecule has 1 aliphatic rings. The van der Waals surface area contributed by atoms with Crippen LogP contribution < -0.4 is 0 Å². The van der Waals surface area contributed by atoms with Crippen molar-refractivity contribution >= 4 is 0 Å². The summed E-state index contributed by atoms with van der Waals surface area (Å²) in [5, 5.41) is 0. The molecule has 1 aliphatic carbocycles. The van der Waals surface area contributed by atoms with Crippen LogP contribution in [0.4, 0.5) is 4.39 Å². The van der Waals surface area contributed by atoms with Gasteiger partial charge in [0.1, 0.15) is 6.17 Å². The molecule has 90 valence electrons. The Kier molecular flexibility index (Phi) is 15.0. The van der Waals surface area contributed by atoms with Crippen LogP contribution in [0.3, 0.4) is 0 Å². The molecule has 15 heavy (non-hydrogen) atoms. The normalized spacial score (nSPS) is 18.8. The molecule has 1 atom stereocenters. The topological polar surface area (TPSA) is 0 Å². The second-order valence-electron chi connectivity index (χ2n) is 3.00. The molecule has 1 heteroatoms. The SMILES string of the molecule is CC.CC.CCCC1=CCC(F)C=CC1. The molecular formula is C14H27F. The van der Waals surface area contributed by atoms with Crippen LogP contribution in [0, 0.1) is 0 Å². The highest BCUT2D eigenvalue weighted by Crippen LogP contribution is 2.17. The fourth-order valence-corrected chi connectivity index (χ4v) is 1.33. The number of halogens is 1. The van der Waals surface area contributed by atoms with Gasteiger partial charge < -0.3 is 0 Å². The Morgan fingerprint density at radius 1 is 1.27 bits per heavy atom.